The third kappa shape index (κ3) is 2.66. The third-order valence-corrected chi connectivity index (χ3v) is 3.17. The van der Waals surface area contributed by atoms with E-state index in [1.54, 1.807) is 4.90 Å². The van der Waals surface area contributed by atoms with Crippen LogP contribution in [0.4, 0.5) is 0 Å². The van der Waals surface area contributed by atoms with E-state index in [2.05, 4.69) is 10.2 Å². The van der Waals surface area contributed by atoms with Crippen LogP contribution >= 0.6 is 11.6 Å². The van der Waals surface area contributed by atoms with Crippen molar-refractivity contribution in [1.29, 1.82) is 0 Å². The van der Waals surface area contributed by atoms with E-state index < -0.39 is 0 Å². The van der Waals surface area contributed by atoms with Crippen LogP contribution in [0.1, 0.15) is 29.8 Å². The van der Waals surface area contributed by atoms with Gasteiger partial charge in [-0.05, 0) is 25.3 Å². The van der Waals surface area contributed by atoms with E-state index in [1.807, 2.05) is 0 Å². The summed E-state index contributed by atoms with van der Waals surface area (Å²) in [6, 6.07) is 3.02. The Morgan fingerprint density at radius 1 is 1.53 bits per heavy atom. The van der Waals surface area contributed by atoms with Crippen LogP contribution in [-0.2, 0) is 0 Å². The van der Waals surface area contributed by atoms with E-state index in [9.17, 15) is 9.59 Å². The fraction of sp³-hybridized carbons (Fsp3) is 0.545. The fourth-order valence-electron chi connectivity index (χ4n) is 1.85. The number of halogens is 1. The number of H-pyrrole nitrogens is 1. The maximum absolute atomic E-state index is 12.2. The van der Waals surface area contributed by atoms with Crippen LogP contribution in [0.25, 0.3) is 0 Å². The van der Waals surface area contributed by atoms with Gasteiger partial charge in [-0.2, -0.15) is 5.10 Å². The maximum Gasteiger partial charge on any atom is 0.274 e. The van der Waals surface area contributed by atoms with Crippen molar-refractivity contribution >= 4 is 17.5 Å². The normalized spacial score (nSPS) is 15.4. The molecule has 1 fully saturated rings. The van der Waals surface area contributed by atoms with Crippen LogP contribution in [0.2, 0.25) is 0 Å². The number of amides is 1. The molecule has 17 heavy (non-hydrogen) atoms. The second-order valence-corrected chi connectivity index (χ2v) is 4.46. The number of nitrogens with zero attached hydrogens (tertiary/aromatic N) is 2. The molecule has 1 aromatic heterocycles. The van der Waals surface area contributed by atoms with Crippen LogP contribution in [-0.4, -0.2) is 39.5 Å². The number of carbonyl (C=O) groups is 1. The molecule has 0 bridgehead atoms. The van der Waals surface area contributed by atoms with Crippen molar-refractivity contribution in [2.24, 2.45) is 0 Å². The second-order valence-electron chi connectivity index (χ2n) is 4.08. The highest BCUT2D eigenvalue weighted by Gasteiger charge is 2.29. The van der Waals surface area contributed by atoms with E-state index in [0.29, 0.717) is 12.4 Å². The van der Waals surface area contributed by atoms with Crippen LogP contribution in [0.15, 0.2) is 16.9 Å². The summed E-state index contributed by atoms with van der Waals surface area (Å²) in [6.45, 7) is 0.520. The molecule has 0 saturated heterocycles. The molecule has 1 aromatic rings. The lowest BCUT2D eigenvalue weighted by atomic mass is 9.91. The van der Waals surface area contributed by atoms with Gasteiger partial charge in [-0.1, -0.05) is 0 Å². The lowest BCUT2D eigenvalue weighted by Gasteiger charge is -2.36. The predicted octanol–water partition coefficient (Wildman–Crippen LogP) is 1.00. The number of nitrogens with one attached hydrogen (secondary N) is 1. The van der Waals surface area contributed by atoms with E-state index in [0.717, 1.165) is 19.3 Å². The quantitative estimate of drug-likeness (QED) is 0.817. The molecule has 1 N–H and O–H groups in total. The number of aromatic nitrogens is 2. The molecule has 2 rings (SSSR count). The fourth-order valence-corrected chi connectivity index (χ4v) is 2.03. The van der Waals surface area contributed by atoms with Crippen molar-refractivity contribution in [3.05, 3.63) is 28.2 Å². The molecule has 0 radical (unpaired) electrons. The zero-order valence-corrected chi connectivity index (χ0v) is 10.1. The van der Waals surface area contributed by atoms with E-state index in [1.165, 1.54) is 12.1 Å². The molecule has 1 aliphatic rings. The van der Waals surface area contributed by atoms with Crippen LogP contribution in [0, 0.1) is 0 Å². The molecule has 0 unspecified atom stereocenters. The van der Waals surface area contributed by atoms with Crippen molar-refractivity contribution < 1.29 is 4.79 Å². The molecule has 1 aliphatic carbocycles. The Bertz CT molecular complexity index is 436. The second kappa shape index (κ2) is 5.31. The molecule has 0 atom stereocenters. The van der Waals surface area contributed by atoms with E-state index in [-0.39, 0.29) is 23.2 Å². The minimum absolute atomic E-state index is 0.161. The van der Waals surface area contributed by atoms with Gasteiger partial charge in [0.25, 0.3) is 11.5 Å². The maximum atomic E-state index is 12.2. The summed E-state index contributed by atoms with van der Waals surface area (Å²) in [6.07, 6.45) is 3.19. The molecular weight excluding hydrogens is 242 g/mol. The molecule has 92 valence electrons. The molecular formula is C11H14ClN3O2. The summed E-state index contributed by atoms with van der Waals surface area (Å²) < 4.78 is 0. The highest BCUT2D eigenvalue weighted by molar-refractivity contribution is 6.18. The topological polar surface area (TPSA) is 66.1 Å². The van der Waals surface area contributed by atoms with Gasteiger partial charge in [-0.3, -0.25) is 9.59 Å². The molecule has 1 heterocycles. The number of hydrogen-bond donors (Lipinski definition) is 1. The van der Waals surface area contributed by atoms with Crippen molar-refractivity contribution in [1.82, 2.24) is 15.1 Å². The third-order valence-electron chi connectivity index (χ3n) is 3.00. The van der Waals surface area contributed by atoms with Gasteiger partial charge in [-0.15, -0.1) is 11.6 Å². The summed E-state index contributed by atoms with van der Waals surface area (Å²) >= 11 is 5.71. The van der Waals surface area contributed by atoms with Crippen LogP contribution in [0.3, 0.4) is 0 Å². The zero-order chi connectivity index (χ0) is 12.3. The van der Waals surface area contributed by atoms with Crippen LogP contribution < -0.4 is 5.56 Å². The average Bonchev–Trinajstić information content (AvgIpc) is 2.26. The van der Waals surface area contributed by atoms with Crippen LogP contribution in [0.5, 0.6) is 0 Å². The smallest absolute Gasteiger partial charge is 0.274 e. The largest absolute Gasteiger partial charge is 0.333 e. The Morgan fingerprint density at radius 2 is 2.29 bits per heavy atom. The summed E-state index contributed by atoms with van der Waals surface area (Å²) in [5, 5.41) is 6.02. The first-order valence-electron chi connectivity index (χ1n) is 5.65. The lowest BCUT2D eigenvalue weighted by molar-refractivity contribution is 0.0590. The summed E-state index contributed by atoms with van der Waals surface area (Å²) in [4.78, 5) is 24.8. The minimum Gasteiger partial charge on any atom is -0.333 e. The number of aromatic amines is 1. The number of rotatable bonds is 4. The highest BCUT2D eigenvalue weighted by Crippen LogP contribution is 2.25. The van der Waals surface area contributed by atoms with Crippen molar-refractivity contribution in [3.8, 4) is 0 Å². The van der Waals surface area contributed by atoms with Gasteiger partial charge in [0.2, 0.25) is 0 Å². The first kappa shape index (κ1) is 12.1. The summed E-state index contributed by atoms with van der Waals surface area (Å²) in [5.74, 6) is 0.248. The average molecular weight is 256 g/mol. The summed E-state index contributed by atoms with van der Waals surface area (Å²) in [5.41, 5.74) is -0.0456. The van der Waals surface area contributed by atoms with Gasteiger partial charge in [0.05, 0.1) is 0 Å². The monoisotopic (exact) mass is 255 g/mol. The van der Waals surface area contributed by atoms with E-state index in [4.69, 9.17) is 11.6 Å². The van der Waals surface area contributed by atoms with Crippen molar-refractivity contribution in [2.45, 2.75) is 25.3 Å². The first-order chi connectivity index (χ1) is 8.22. The van der Waals surface area contributed by atoms with Crippen molar-refractivity contribution in [3.63, 3.8) is 0 Å². The Morgan fingerprint density at radius 3 is 2.76 bits per heavy atom. The zero-order valence-electron chi connectivity index (χ0n) is 9.36. The van der Waals surface area contributed by atoms with Gasteiger partial charge >= 0.3 is 0 Å². The molecule has 0 spiro atoms. The lowest BCUT2D eigenvalue weighted by Crippen LogP contribution is -2.45. The Kier molecular flexibility index (Phi) is 3.78. The molecule has 0 aromatic carbocycles. The molecule has 0 aliphatic heterocycles. The molecule has 1 amide bonds. The van der Waals surface area contributed by atoms with Gasteiger partial charge in [0.15, 0.2) is 0 Å². The van der Waals surface area contributed by atoms with Crippen molar-refractivity contribution in [2.75, 3.05) is 12.4 Å². The standard InChI is InChI=1S/C11H14ClN3O2/c12-6-7-15(8-2-1-3-8)11(17)9-4-5-10(16)14-13-9/h4-5,8H,1-3,6-7H2,(H,14,16). The van der Waals surface area contributed by atoms with Gasteiger partial charge in [0.1, 0.15) is 5.69 Å². The summed E-state index contributed by atoms with van der Waals surface area (Å²) in [7, 11) is 0. The van der Waals surface area contributed by atoms with Gasteiger partial charge < -0.3 is 4.90 Å². The highest BCUT2D eigenvalue weighted by atomic mass is 35.5. The SMILES string of the molecule is O=C(c1ccc(=O)[nH]n1)N(CCCl)C1CCC1. The number of carbonyl (C=O) groups excluding carboxylic acids is 1. The number of hydrogen-bond acceptors (Lipinski definition) is 3. The molecule has 6 heteroatoms. The molecule has 5 nitrogen and oxygen atoms in total. The Hall–Kier alpha value is -1.36. The van der Waals surface area contributed by atoms with Gasteiger partial charge in [0, 0.05) is 24.5 Å². The number of alkyl halides is 1. The van der Waals surface area contributed by atoms with Gasteiger partial charge in [-0.25, -0.2) is 5.10 Å². The first-order valence-corrected chi connectivity index (χ1v) is 6.18. The van der Waals surface area contributed by atoms with E-state index >= 15 is 0 Å². The Labute approximate surface area is 104 Å². The molecule has 1 saturated carbocycles. The predicted molar refractivity (Wildman–Crippen MR) is 64.3 cm³/mol. The minimum atomic E-state index is -0.311. The Balaban J connectivity index is 2.14.